The van der Waals surface area contributed by atoms with E-state index in [9.17, 15) is 19.7 Å². The van der Waals surface area contributed by atoms with Crippen LogP contribution in [0.5, 0.6) is 0 Å². The molecular weight excluding hydrogens is 286 g/mol. The van der Waals surface area contributed by atoms with E-state index in [1.165, 1.54) is 24.3 Å². The van der Waals surface area contributed by atoms with Crippen LogP contribution in [0, 0.1) is 10.1 Å². The van der Waals surface area contributed by atoms with Crippen LogP contribution >= 0.6 is 0 Å². The molecule has 3 N–H and O–H groups in total. The van der Waals surface area contributed by atoms with Crippen LogP contribution in [-0.2, 0) is 6.54 Å². The first-order chi connectivity index (χ1) is 10.5. The molecule has 0 atom stereocenters. The van der Waals surface area contributed by atoms with E-state index in [2.05, 4.69) is 5.32 Å². The molecule has 0 aliphatic carbocycles. The molecule has 0 saturated carbocycles. The number of rotatable bonds is 5. The minimum atomic E-state index is -0.562. The summed E-state index contributed by atoms with van der Waals surface area (Å²) < 4.78 is 0. The van der Waals surface area contributed by atoms with Gasteiger partial charge in [-0.3, -0.25) is 19.7 Å². The Hall–Kier alpha value is -3.22. The Kier molecular flexibility index (Phi) is 4.47. The highest BCUT2D eigenvalue weighted by molar-refractivity contribution is 5.95. The summed E-state index contributed by atoms with van der Waals surface area (Å²) in [6.07, 6.45) is 0. The summed E-state index contributed by atoms with van der Waals surface area (Å²) >= 11 is 0. The zero-order valence-electron chi connectivity index (χ0n) is 11.5. The minimum absolute atomic E-state index is 0.150. The Morgan fingerprint density at radius 1 is 1.09 bits per heavy atom. The molecule has 112 valence electrons. The number of nitrogens with zero attached hydrogens (tertiary/aromatic N) is 1. The fraction of sp³-hybridized carbons (Fsp3) is 0.0667. The lowest BCUT2D eigenvalue weighted by atomic mass is 10.1. The van der Waals surface area contributed by atoms with Gasteiger partial charge in [0.05, 0.1) is 4.92 Å². The SMILES string of the molecule is NC(=O)c1cccc(CNC(=O)c2cccc([N+](=O)[O-])c2)c1. The maximum Gasteiger partial charge on any atom is 0.270 e. The Bertz CT molecular complexity index is 743. The number of carbonyl (C=O) groups is 2. The van der Waals surface area contributed by atoms with E-state index >= 15 is 0 Å². The van der Waals surface area contributed by atoms with Gasteiger partial charge < -0.3 is 11.1 Å². The minimum Gasteiger partial charge on any atom is -0.366 e. The summed E-state index contributed by atoms with van der Waals surface area (Å²) in [6, 6.07) is 12.0. The molecule has 0 heterocycles. The van der Waals surface area contributed by atoms with Crippen molar-refractivity contribution in [3.8, 4) is 0 Å². The Balaban J connectivity index is 2.07. The molecule has 0 unspecified atom stereocenters. The Morgan fingerprint density at radius 3 is 2.45 bits per heavy atom. The molecule has 0 radical (unpaired) electrons. The zero-order valence-corrected chi connectivity index (χ0v) is 11.5. The van der Waals surface area contributed by atoms with Crippen LogP contribution in [0.4, 0.5) is 5.69 Å². The van der Waals surface area contributed by atoms with E-state index in [0.717, 1.165) is 0 Å². The van der Waals surface area contributed by atoms with Crippen LogP contribution in [0.25, 0.3) is 0 Å². The molecule has 7 nitrogen and oxygen atoms in total. The first-order valence-corrected chi connectivity index (χ1v) is 6.39. The third-order valence-corrected chi connectivity index (χ3v) is 2.98. The predicted octanol–water partition coefficient (Wildman–Crippen LogP) is 1.62. The molecule has 2 aromatic carbocycles. The average molecular weight is 299 g/mol. The third kappa shape index (κ3) is 3.66. The second-order valence-corrected chi connectivity index (χ2v) is 4.55. The number of nitro benzene ring substituents is 1. The molecule has 0 spiro atoms. The lowest BCUT2D eigenvalue weighted by molar-refractivity contribution is -0.384. The standard InChI is InChI=1S/C15H13N3O4/c16-14(19)11-4-1-3-10(7-11)9-17-15(20)12-5-2-6-13(8-12)18(21)22/h1-8H,9H2,(H2,16,19)(H,17,20). The van der Waals surface area contributed by atoms with Gasteiger partial charge in [0.15, 0.2) is 0 Å². The molecule has 2 rings (SSSR count). The molecule has 0 aliphatic rings. The number of nitrogens with one attached hydrogen (secondary N) is 1. The Morgan fingerprint density at radius 2 is 1.77 bits per heavy atom. The highest BCUT2D eigenvalue weighted by atomic mass is 16.6. The highest BCUT2D eigenvalue weighted by Gasteiger charge is 2.11. The van der Waals surface area contributed by atoms with E-state index < -0.39 is 16.7 Å². The monoisotopic (exact) mass is 299 g/mol. The number of primary amides is 1. The molecule has 2 amide bonds. The summed E-state index contributed by atoms with van der Waals surface area (Å²) in [7, 11) is 0. The van der Waals surface area contributed by atoms with Crippen molar-refractivity contribution >= 4 is 17.5 Å². The van der Waals surface area contributed by atoms with Gasteiger partial charge >= 0.3 is 0 Å². The van der Waals surface area contributed by atoms with Gasteiger partial charge in [0.2, 0.25) is 5.91 Å². The van der Waals surface area contributed by atoms with Crippen LogP contribution in [0.15, 0.2) is 48.5 Å². The van der Waals surface area contributed by atoms with E-state index in [-0.39, 0.29) is 17.8 Å². The van der Waals surface area contributed by atoms with Crippen molar-refractivity contribution in [3.05, 3.63) is 75.3 Å². The van der Waals surface area contributed by atoms with Gasteiger partial charge in [-0.15, -0.1) is 0 Å². The summed E-state index contributed by atoms with van der Waals surface area (Å²) in [5, 5.41) is 13.3. The van der Waals surface area contributed by atoms with E-state index in [4.69, 9.17) is 5.73 Å². The second-order valence-electron chi connectivity index (χ2n) is 4.55. The average Bonchev–Trinajstić information content (AvgIpc) is 2.53. The van der Waals surface area contributed by atoms with Gasteiger partial charge in [0, 0.05) is 29.8 Å². The largest absolute Gasteiger partial charge is 0.366 e. The Labute approximate surface area is 125 Å². The van der Waals surface area contributed by atoms with Gasteiger partial charge in [0.25, 0.3) is 11.6 Å². The van der Waals surface area contributed by atoms with Crippen LogP contribution < -0.4 is 11.1 Å². The van der Waals surface area contributed by atoms with Crippen LogP contribution in [0.2, 0.25) is 0 Å². The van der Waals surface area contributed by atoms with Crippen LogP contribution in [-0.4, -0.2) is 16.7 Å². The van der Waals surface area contributed by atoms with Crippen molar-refractivity contribution in [1.82, 2.24) is 5.32 Å². The van der Waals surface area contributed by atoms with Crippen molar-refractivity contribution in [2.45, 2.75) is 6.54 Å². The lowest BCUT2D eigenvalue weighted by Gasteiger charge is -2.06. The first-order valence-electron chi connectivity index (χ1n) is 6.39. The number of amides is 2. The molecular formula is C15H13N3O4. The maximum absolute atomic E-state index is 12.0. The molecule has 0 aliphatic heterocycles. The number of benzene rings is 2. The normalized spacial score (nSPS) is 10.0. The van der Waals surface area contributed by atoms with Gasteiger partial charge in [-0.05, 0) is 23.8 Å². The fourth-order valence-corrected chi connectivity index (χ4v) is 1.88. The molecule has 22 heavy (non-hydrogen) atoms. The number of nitrogens with two attached hydrogens (primary N) is 1. The fourth-order valence-electron chi connectivity index (χ4n) is 1.88. The van der Waals surface area contributed by atoms with Crippen LogP contribution in [0.3, 0.4) is 0 Å². The molecule has 0 bridgehead atoms. The predicted molar refractivity (Wildman–Crippen MR) is 79.2 cm³/mol. The molecule has 7 heteroatoms. The third-order valence-electron chi connectivity index (χ3n) is 2.98. The van der Waals surface area contributed by atoms with E-state index in [0.29, 0.717) is 11.1 Å². The van der Waals surface area contributed by atoms with E-state index in [1.54, 1.807) is 24.3 Å². The topological polar surface area (TPSA) is 115 Å². The smallest absolute Gasteiger partial charge is 0.270 e. The van der Waals surface area contributed by atoms with Crippen molar-refractivity contribution in [3.63, 3.8) is 0 Å². The summed E-state index contributed by atoms with van der Waals surface area (Å²) in [4.78, 5) is 33.2. The summed E-state index contributed by atoms with van der Waals surface area (Å²) in [5.74, 6) is -0.986. The number of carbonyl (C=O) groups excluding carboxylic acids is 2. The van der Waals surface area contributed by atoms with E-state index in [1.807, 2.05) is 0 Å². The lowest BCUT2D eigenvalue weighted by Crippen LogP contribution is -2.23. The maximum atomic E-state index is 12.0. The number of hydrogen-bond donors (Lipinski definition) is 2. The van der Waals surface area contributed by atoms with Crippen molar-refractivity contribution in [1.29, 1.82) is 0 Å². The van der Waals surface area contributed by atoms with Crippen molar-refractivity contribution in [2.75, 3.05) is 0 Å². The molecule has 0 saturated heterocycles. The van der Waals surface area contributed by atoms with Gasteiger partial charge in [-0.25, -0.2) is 0 Å². The zero-order chi connectivity index (χ0) is 16.1. The second kappa shape index (κ2) is 6.49. The molecule has 0 fully saturated rings. The number of hydrogen-bond acceptors (Lipinski definition) is 4. The number of non-ortho nitro benzene ring substituents is 1. The molecule has 2 aromatic rings. The summed E-state index contributed by atoms with van der Waals surface area (Å²) in [6.45, 7) is 0.183. The quantitative estimate of drug-likeness (QED) is 0.644. The van der Waals surface area contributed by atoms with Gasteiger partial charge in [-0.1, -0.05) is 18.2 Å². The highest BCUT2D eigenvalue weighted by Crippen LogP contribution is 2.13. The first kappa shape index (κ1) is 15.2. The van der Waals surface area contributed by atoms with Crippen molar-refractivity contribution in [2.24, 2.45) is 5.73 Å². The summed E-state index contributed by atoms with van der Waals surface area (Å²) in [5.41, 5.74) is 6.28. The van der Waals surface area contributed by atoms with Crippen LogP contribution in [0.1, 0.15) is 26.3 Å². The van der Waals surface area contributed by atoms with Gasteiger partial charge in [0.1, 0.15) is 0 Å². The number of nitro groups is 1. The van der Waals surface area contributed by atoms with Crippen molar-refractivity contribution < 1.29 is 14.5 Å². The van der Waals surface area contributed by atoms with Gasteiger partial charge in [-0.2, -0.15) is 0 Å². The molecule has 0 aromatic heterocycles.